The van der Waals surface area contributed by atoms with E-state index in [0.29, 0.717) is 11.6 Å². The molecule has 1 saturated carbocycles. The number of hydrogen-bond donors (Lipinski definition) is 1. The number of amides is 2. The minimum absolute atomic E-state index is 0.0437. The number of nitrogens with zero attached hydrogens (tertiary/aromatic N) is 1. The van der Waals surface area contributed by atoms with Crippen molar-refractivity contribution in [3.8, 4) is 0 Å². The highest BCUT2D eigenvalue weighted by Gasteiger charge is 2.41. The summed E-state index contributed by atoms with van der Waals surface area (Å²) < 4.78 is 19.6. The zero-order chi connectivity index (χ0) is 15.4. The summed E-state index contributed by atoms with van der Waals surface area (Å²) in [7, 11) is 0. The quantitative estimate of drug-likeness (QED) is 0.928. The number of anilines is 1. The molecule has 5 nitrogen and oxygen atoms in total. The first kappa shape index (κ1) is 13.8. The lowest BCUT2D eigenvalue weighted by atomic mass is 10.0. The molecule has 1 aliphatic carbocycles. The van der Waals surface area contributed by atoms with Crippen molar-refractivity contribution in [3.05, 3.63) is 28.0 Å². The summed E-state index contributed by atoms with van der Waals surface area (Å²) in [6, 6.07) is 1.61. The van der Waals surface area contributed by atoms with Gasteiger partial charge in [-0.2, -0.15) is 0 Å². The second-order valence-corrected chi connectivity index (χ2v) is 6.41. The Balaban J connectivity index is 1.82. The summed E-state index contributed by atoms with van der Waals surface area (Å²) in [6.07, 6.45) is 0.985. The van der Waals surface area contributed by atoms with Gasteiger partial charge in [-0.05, 0) is 36.8 Å². The monoisotopic (exact) mass is 324 g/mol. The molecular weight excluding hydrogens is 311 g/mol. The molecule has 2 heterocycles. The largest absolute Gasteiger partial charge is 0.431 e. The van der Waals surface area contributed by atoms with Gasteiger partial charge in [0.25, 0.3) is 5.91 Å². The van der Waals surface area contributed by atoms with Crippen LogP contribution in [0.5, 0.6) is 0 Å². The van der Waals surface area contributed by atoms with Crippen molar-refractivity contribution in [3.63, 3.8) is 0 Å². The second kappa shape index (κ2) is 4.84. The van der Waals surface area contributed by atoms with E-state index < -0.39 is 23.9 Å². The molecule has 0 radical (unpaired) electrons. The van der Waals surface area contributed by atoms with E-state index in [4.69, 9.17) is 16.3 Å². The van der Waals surface area contributed by atoms with Crippen LogP contribution in [0, 0.1) is 11.7 Å². The maximum absolute atomic E-state index is 14.6. The van der Waals surface area contributed by atoms with Crippen LogP contribution in [0.15, 0.2) is 6.07 Å². The smallest absolute Gasteiger partial charge is 0.415 e. The Morgan fingerprint density at radius 2 is 2.18 bits per heavy atom. The second-order valence-electron chi connectivity index (χ2n) is 6.01. The van der Waals surface area contributed by atoms with Crippen LogP contribution in [0.25, 0.3) is 0 Å². The van der Waals surface area contributed by atoms with Crippen LogP contribution in [-0.2, 0) is 16.0 Å². The van der Waals surface area contributed by atoms with Gasteiger partial charge >= 0.3 is 6.09 Å². The number of carbonyl (C=O) groups is 2. The number of nitrogens with one attached hydrogen (secondary N) is 1. The molecule has 0 aromatic heterocycles. The normalized spacial score (nSPS) is 23.5. The molecule has 1 aromatic carbocycles. The third-order valence-electron chi connectivity index (χ3n) is 4.40. The third-order valence-corrected chi connectivity index (χ3v) is 4.67. The maximum atomic E-state index is 14.6. The van der Waals surface area contributed by atoms with Gasteiger partial charge in [-0.1, -0.05) is 11.6 Å². The molecule has 1 N–H and O–H groups in total. The number of rotatable bonds is 3. The summed E-state index contributed by atoms with van der Waals surface area (Å²) in [5, 5.41) is 2.00. The Morgan fingerprint density at radius 1 is 1.41 bits per heavy atom. The Labute approximate surface area is 131 Å². The van der Waals surface area contributed by atoms with Gasteiger partial charge in [-0.25, -0.2) is 9.18 Å². The molecule has 22 heavy (non-hydrogen) atoms. The third kappa shape index (κ3) is 2.13. The first-order chi connectivity index (χ1) is 10.5. The van der Waals surface area contributed by atoms with Crippen LogP contribution in [0.2, 0.25) is 5.02 Å². The first-order valence-corrected chi connectivity index (χ1v) is 7.69. The van der Waals surface area contributed by atoms with Gasteiger partial charge in [0.1, 0.15) is 0 Å². The Hall–Kier alpha value is -1.82. The van der Waals surface area contributed by atoms with Gasteiger partial charge in [0.15, 0.2) is 5.82 Å². The summed E-state index contributed by atoms with van der Waals surface area (Å²) in [6.45, 7) is 1.60. The predicted octanol–water partition coefficient (Wildman–Crippen LogP) is 2.56. The van der Waals surface area contributed by atoms with E-state index in [1.54, 1.807) is 6.07 Å². The number of halogens is 2. The van der Waals surface area contributed by atoms with Crippen LogP contribution < -0.4 is 10.2 Å². The fourth-order valence-electron chi connectivity index (χ4n) is 3.20. The van der Waals surface area contributed by atoms with Gasteiger partial charge in [-0.15, -0.1) is 0 Å². The highest BCUT2D eigenvalue weighted by molar-refractivity contribution is 6.31. The molecule has 4 rings (SSSR count). The molecule has 0 bridgehead atoms. The van der Waals surface area contributed by atoms with E-state index in [2.05, 4.69) is 4.90 Å². The molecule has 1 aromatic rings. The van der Waals surface area contributed by atoms with Crippen molar-refractivity contribution in [2.45, 2.75) is 25.4 Å². The fraction of sp³-hybridized carbons (Fsp3) is 0.467. The van der Waals surface area contributed by atoms with Crippen LogP contribution >= 0.6 is 11.6 Å². The SMILES string of the molecule is O=C1NC(=O)C(c2c(F)c(Cl)cc3c2N(CC2CC2)CC3)O1. The molecule has 2 aliphatic heterocycles. The average molecular weight is 325 g/mol. The standard InChI is InChI=1S/C15H14ClFN2O3/c16-9-5-8-3-4-19(6-7-1-2-7)12(8)10(11(9)17)13-14(20)18-15(21)22-13/h5,7,13H,1-4,6H2,(H,18,20,21). The first-order valence-electron chi connectivity index (χ1n) is 7.32. The molecule has 7 heteroatoms. The lowest BCUT2D eigenvalue weighted by molar-refractivity contribution is -0.123. The van der Waals surface area contributed by atoms with E-state index in [1.807, 2.05) is 5.32 Å². The highest BCUT2D eigenvalue weighted by atomic mass is 35.5. The molecule has 0 spiro atoms. The van der Waals surface area contributed by atoms with Crippen molar-refractivity contribution in [1.29, 1.82) is 0 Å². The van der Waals surface area contributed by atoms with Gasteiger partial charge < -0.3 is 9.64 Å². The molecule has 2 fully saturated rings. The molecule has 1 saturated heterocycles. The predicted molar refractivity (Wildman–Crippen MR) is 77.4 cm³/mol. The zero-order valence-electron chi connectivity index (χ0n) is 11.7. The van der Waals surface area contributed by atoms with Crippen molar-refractivity contribution in [2.75, 3.05) is 18.0 Å². The number of alkyl carbamates (subject to hydrolysis) is 1. The number of carbonyl (C=O) groups excluding carboxylic acids is 2. The van der Waals surface area contributed by atoms with Crippen molar-refractivity contribution < 1.29 is 18.7 Å². The van der Waals surface area contributed by atoms with Crippen molar-refractivity contribution in [1.82, 2.24) is 5.32 Å². The van der Waals surface area contributed by atoms with Crippen LogP contribution in [-0.4, -0.2) is 25.1 Å². The van der Waals surface area contributed by atoms with E-state index in [0.717, 1.165) is 25.1 Å². The van der Waals surface area contributed by atoms with Gasteiger partial charge in [-0.3, -0.25) is 10.1 Å². The molecular formula is C15H14ClFN2O3. The Kier molecular flexibility index (Phi) is 3.04. The minimum atomic E-state index is -1.26. The molecule has 3 aliphatic rings. The number of imide groups is 1. The lowest BCUT2D eigenvalue weighted by Crippen LogP contribution is -2.26. The summed E-state index contributed by atoms with van der Waals surface area (Å²) in [4.78, 5) is 25.3. The molecule has 116 valence electrons. The molecule has 2 amide bonds. The molecule has 1 unspecified atom stereocenters. The number of fused-ring (bicyclic) bond motifs is 1. The topological polar surface area (TPSA) is 58.6 Å². The zero-order valence-corrected chi connectivity index (χ0v) is 12.5. The van der Waals surface area contributed by atoms with E-state index >= 15 is 0 Å². The van der Waals surface area contributed by atoms with Crippen molar-refractivity contribution >= 4 is 29.3 Å². The van der Waals surface area contributed by atoms with Crippen LogP contribution in [0.3, 0.4) is 0 Å². The number of ether oxygens (including phenoxy) is 1. The summed E-state index contributed by atoms with van der Waals surface area (Å²) >= 11 is 5.96. The number of hydrogen-bond acceptors (Lipinski definition) is 4. The fourth-order valence-corrected chi connectivity index (χ4v) is 3.44. The van der Waals surface area contributed by atoms with Crippen LogP contribution in [0.4, 0.5) is 14.9 Å². The Bertz CT molecular complexity index is 690. The van der Waals surface area contributed by atoms with Gasteiger partial charge in [0.05, 0.1) is 16.3 Å². The van der Waals surface area contributed by atoms with E-state index in [-0.39, 0.29) is 10.6 Å². The van der Waals surface area contributed by atoms with Crippen molar-refractivity contribution in [2.24, 2.45) is 5.92 Å². The van der Waals surface area contributed by atoms with Gasteiger partial charge in [0, 0.05) is 13.1 Å². The lowest BCUT2D eigenvalue weighted by Gasteiger charge is -2.24. The van der Waals surface area contributed by atoms with Crippen LogP contribution in [0.1, 0.15) is 30.1 Å². The number of cyclic esters (lactones) is 1. The highest BCUT2D eigenvalue weighted by Crippen LogP contribution is 2.44. The summed E-state index contributed by atoms with van der Waals surface area (Å²) in [5.41, 5.74) is 1.66. The average Bonchev–Trinajstić information content (AvgIpc) is 3.11. The van der Waals surface area contributed by atoms with E-state index in [1.165, 1.54) is 12.8 Å². The maximum Gasteiger partial charge on any atom is 0.415 e. The minimum Gasteiger partial charge on any atom is -0.431 e. The van der Waals surface area contributed by atoms with E-state index in [9.17, 15) is 14.0 Å². The van der Waals surface area contributed by atoms with Gasteiger partial charge in [0.2, 0.25) is 6.10 Å². The summed E-state index contributed by atoms with van der Waals surface area (Å²) in [5.74, 6) is -0.706. The molecule has 1 atom stereocenters. The Morgan fingerprint density at radius 3 is 2.82 bits per heavy atom. The number of benzene rings is 1.